The van der Waals surface area contributed by atoms with Crippen molar-refractivity contribution in [2.24, 2.45) is 5.92 Å². The Hall–Kier alpha value is -0.660. The first kappa shape index (κ1) is 43.3. The molecule has 0 aromatic heterocycles. The summed E-state index contributed by atoms with van der Waals surface area (Å²) in [6.07, 6.45) is 47.2. The Bertz CT molecular complexity index is 532. The molecule has 0 aliphatic carbocycles. The van der Waals surface area contributed by atoms with Gasteiger partial charge in [-0.15, -0.1) is 0 Å². The van der Waals surface area contributed by atoms with E-state index in [4.69, 9.17) is 0 Å². The summed E-state index contributed by atoms with van der Waals surface area (Å²) in [5, 5.41) is 0. The van der Waals surface area contributed by atoms with Crippen molar-refractivity contribution in [2.45, 2.75) is 252 Å². The molecule has 0 spiro atoms. The smallest absolute Gasteiger partial charge is 0.143 e. The lowest BCUT2D eigenvalue weighted by molar-refractivity contribution is -0.132. The fourth-order valence-electron chi connectivity index (χ4n) is 6.66. The highest BCUT2D eigenvalue weighted by atomic mass is 16.1. The summed E-state index contributed by atoms with van der Waals surface area (Å²) in [6.45, 7) is 6.43. The average Bonchev–Trinajstić information content (AvgIpc) is 3.03. The van der Waals surface area contributed by atoms with E-state index in [1.54, 1.807) is 0 Å². The van der Waals surface area contributed by atoms with Gasteiger partial charge in [0.15, 0.2) is 0 Å². The van der Waals surface area contributed by atoms with Crippen LogP contribution in [0.2, 0.25) is 0 Å². The van der Waals surface area contributed by atoms with E-state index in [9.17, 15) is 9.59 Å². The number of ketones is 2. The van der Waals surface area contributed by atoms with Gasteiger partial charge in [-0.25, -0.2) is 0 Å². The average molecular weight is 619 g/mol. The number of unbranched alkanes of at least 4 members (excludes halogenated alkanes) is 32. The number of hydrogen-bond acceptors (Lipinski definition) is 2. The van der Waals surface area contributed by atoms with Gasteiger partial charge in [0.05, 0.1) is 5.92 Å². The summed E-state index contributed by atoms with van der Waals surface area (Å²) in [7, 11) is 0. The zero-order valence-electron chi connectivity index (χ0n) is 30.8. The molecule has 0 aromatic carbocycles. The Balaban J connectivity index is 3.38. The van der Waals surface area contributed by atoms with E-state index >= 15 is 0 Å². The Morgan fingerprint density at radius 2 is 0.455 bits per heavy atom. The van der Waals surface area contributed by atoms with Crippen LogP contribution in [0.15, 0.2) is 0 Å². The first-order chi connectivity index (χ1) is 21.6. The van der Waals surface area contributed by atoms with E-state index in [1.165, 1.54) is 193 Å². The summed E-state index contributed by atoms with van der Waals surface area (Å²) < 4.78 is 0. The molecule has 262 valence electrons. The van der Waals surface area contributed by atoms with Crippen LogP contribution in [0.25, 0.3) is 0 Å². The number of carbonyl (C=O) groups excluding carboxylic acids is 2. The molecule has 0 aromatic rings. The van der Waals surface area contributed by atoms with Gasteiger partial charge in [-0.2, -0.15) is 0 Å². The molecule has 0 N–H and O–H groups in total. The SMILES string of the molecule is CCCCCCCCCCCCCCCCCCCC(=O)C(C)C(=O)CCCCCCCCCCCCCCCCCCC. The Kier molecular flexibility index (Phi) is 36.3. The third-order valence-electron chi connectivity index (χ3n) is 10.0. The molecule has 0 fully saturated rings. The molecule has 0 aliphatic heterocycles. The maximum absolute atomic E-state index is 12.5. The molecule has 44 heavy (non-hydrogen) atoms. The minimum absolute atomic E-state index is 0.183. The van der Waals surface area contributed by atoms with E-state index < -0.39 is 0 Å². The van der Waals surface area contributed by atoms with E-state index in [2.05, 4.69) is 13.8 Å². The van der Waals surface area contributed by atoms with Gasteiger partial charge in [-0.05, 0) is 19.8 Å². The van der Waals surface area contributed by atoms with Crippen LogP contribution in [-0.2, 0) is 9.59 Å². The monoisotopic (exact) mass is 619 g/mol. The molecule has 2 nitrogen and oxygen atoms in total. The number of Topliss-reactive ketones (excluding diaryl/α,β-unsaturated/α-hetero) is 2. The van der Waals surface area contributed by atoms with Crippen molar-refractivity contribution >= 4 is 11.6 Å². The van der Waals surface area contributed by atoms with Crippen molar-refractivity contribution in [1.29, 1.82) is 0 Å². The Morgan fingerprint density at radius 1 is 0.295 bits per heavy atom. The molecule has 2 heteroatoms. The van der Waals surface area contributed by atoms with Crippen molar-refractivity contribution in [3.63, 3.8) is 0 Å². The molecule has 0 heterocycles. The maximum atomic E-state index is 12.5. The van der Waals surface area contributed by atoms with Crippen LogP contribution in [0.5, 0.6) is 0 Å². The molecule has 0 bridgehead atoms. The van der Waals surface area contributed by atoms with Crippen LogP contribution in [0.1, 0.15) is 252 Å². The summed E-state index contributed by atoms with van der Waals surface area (Å²) >= 11 is 0. The lowest BCUT2D eigenvalue weighted by Crippen LogP contribution is -2.20. The standard InChI is InChI=1S/C42H82O2/c1-4-6-8-10-12-14-16-18-20-22-24-26-28-30-32-34-36-38-41(43)40(3)42(44)39-37-35-33-31-29-27-25-23-21-19-17-15-13-11-9-7-5-2/h40H,4-39H2,1-3H3. The first-order valence-corrected chi connectivity index (χ1v) is 20.7. The van der Waals surface area contributed by atoms with E-state index in [0.717, 1.165) is 25.7 Å². The van der Waals surface area contributed by atoms with Gasteiger partial charge in [0.2, 0.25) is 0 Å². The largest absolute Gasteiger partial charge is 0.299 e. The normalized spacial score (nSPS) is 11.5. The number of rotatable bonds is 38. The molecule has 0 amide bonds. The Morgan fingerprint density at radius 3 is 0.636 bits per heavy atom. The predicted octanol–water partition coefficient (Wildman–Crippen LogP) is 14.8. The van der Waals surface area contributed by atoms with Crippen LogP contribution < -0.4 is 0 Å². The molecule has 0 saturated heterocycles. The maximum Gasteiger partial charge on any atom is 0.143 e. The fourth-order valence-corrected chi connectivity index (χ4v) is 6.66. The predicted molar refractivity (Wildman–Crippen MR) is 197 cm³/mol. The lowest BCUT2D eigenvalue weighted by atomic mass is 9.93. The zero-order chi connectivity index (χ0) is 32.2. The molecule has 0 unspecified atom stereocenters. The van der Waals surface area contributed by atoms with Gasteiger partial charge >= 0.3 is 0 Å². The highest BCUT2D eigenvalue weighted by molar-refractivity contribution is 6.01. The van der Waals surface area contributed by atoms with Crippen LogP contribution in [-0.4, -0.2) is 11.6 Å². The van der Waals surface area contributed by atoms with Crippen LogP contribution >= 0.6 is 0 Å². The summed E-state index contributed by atoms with van der Waals surface area (Å²) in [5.41, 5.74) is 0. The second-order valence-electron chi connectivity index (χ2n) is 14.5. The molecule has 0 aliphatic rings. The van der Waals surface area contributed by atoms with Gasteiger partial charge in [0.1, 0.15) is 11.6 Å². The van der Waals surface area contributed by atoms with Crippen molar-refractivity contribution in [1.82, 2.24) is 0 Å². The summed E-state index contributed by atoms with van der Waals surface area (Å²) in [5.74, 6) is -0.0111. The highest BCUT2D eigenvalue weighted by Crippen LogP contribution is 2.17. The molecule has 0 radical (unpaired) electrons. The van der Waals surface area contributed by atoms with Gasteiger partial charge in [0.25, 0.3) is 0 Å². The number of carbonyl (C=O) groups is 2. The first-order valence-electron chi connectivity index (χ1n) is 20.7. The fraction of sp³-hybridized carbons (Fsp3) is 0.952. The molecule has 0 rings (SSSR count). The van der Waals surface area contributed by atoms with Crippen molar-refractivity contribution in [2.75, 3.05) is 0 Å². The van der Waals surface area contributed by atoms with Gasteiger partial charge < -0.3 is 0 Å². The van der Waals surface area contributed by atoms with Crippen molar-refractivity contribution < 1.29 is 9.59 Å². The summed E-state index contributed by atoms with van der Waals surface area (Å²) in [6, 6.07) is 0. The molecular weight excluding hydrogens is 536 g/mol. The second kappa shape index (κ2) is 36.8. The van der Waals surface area contributed by atoms with Gasteiger partial charge in [-0.3, -0.25) is 9.59 Å². The van der Waals surface area contributed by atoms with E-state index in [-0.39, 0.29) is 17.5 Å². The van der Waals surface area contributed by atoms with Gasteiger partial charge in [-0.1, -0.05) is 219 Å². The molecule has 0 atom stereocenters. The van der Waals surface area contributed by atoms with Crippen LogP contribution in [0.4, 0.5) is 0 Å². The van der Waals surface area contributed by atoms with E-state index in [1.807, 2.05) is 6.92 Å². The third kappa shape index (κ3) is 32.7. The van der Waals surface area contributed by atoms with Crippen LogP contribution in [0, 0.1) is 5.92 Å². The minimum Gasteiger partial charge on any atom is -0.299 e. The Labute approximate surface area is 278 Å². The van der Waals surface area contributed by atoms with E-state index in [0.29, 0.717) is 12.8 Å². The molecular formula is C42H82O2. The zero-order valence-corrected chi connectivity index (χ0v) is 30.8. The lowest BCUT2D eigenvalue weighted by Gasteiger charge is -2.10. The van der Waals surface area contributed by atoms with Crippen molar-refractivity contribution in [3.8, 4) is 0 Å². The highest BCUT2D eigenvalue weighted by Gasteiger charge is 2.20. The summed E-state index contributed by atoms with van der Waals surface area (Å²) in [4.78, 5) is 25.0. The quantitative estimate of drug-likeness (QED) is 0.0509. The van der Waals surface area contributed by atoms with Crippen molar-refractivity contribution in [3.05, 3.63) is 0 Å². The minimum atomic E-state index is -0.378. The molecule has 0 saturated carbocycles. The third-order valence-corrected chi connectivity index (χ3v) is 10.0. The van der Waals surface area contributed by atoms with Gasteiger partial charge in [0, 0.05) is 12.8 Å². The topological polar surface area (TPSA) is 34.1 Å². The number of hydrogen-bond donors (Lipinski definition) is 0. The van der Waals surface area contributed by atoms with Crippen LogP contribution in [0.3, 0.4) is 0 Å². The second-order valence-corrected chi connectivity index (χ2v) is 14.5.